The van der Waals surface area contributed by atoms with Crippen LogP contribution in [0.4, 0.5) is 17.1 Å². The van der Waals surface area contributed by atoms with Crippen molar-refractivity contribution in [1.82, 2.24) is 0 Å². The summed E-state index contributed by atoms with van der Waals surface area (Å²) >= 11 is 13.0. The predicted octanol–water partition coefficient (Wildman–Crippen LogP) is 2.48. The highest BCUT2D eigenvalue weighted by Crippen LogP contribution is 2.47. The van der Waals surface area contributed by atoms with Crippen molar-refractivity contribution in [1.29, 1.82) is 0 Å². The van der Waals surface area contributed by atoms with Gasteiger partial charge in [-0.15, -0.1) is 0 Å². The maximum atomic E-state index is 9.27. The number of nitrogens with zero attached hydrogens (tertiary/aromatic N) is 2. The van der Waals surface area contributed by atoms with Crippen LogP contribution in [-0.2, 0) is 11.4 Å². The Bertz CT molecular complexity index is 517. The highest BCUT2D eigenvalue weighted by Gasteiger charge is 2.18. The van der Waals surface area contributed by atoms with Gasteiger partial charge in [0.25, 0.3) is 0 Å². The van der Waals surface area contributed by atoms with Crippen LogP contribution >= 0.6 is 23.2 Å². The van der Waals surface area contributed by atoms with E-state index in [1.165, 1.54) is 0 Å². The van der Waals surface area contributed by atoms with Gasteiger partial charge in [0.05, 0.1) is 39.8 Å². The van der Waals surface area contributed by atoms with Gasteiger partial charge in [0.15, 0.2) is 0 Å². The molecule has 0 amide bonds. The second-order valence-corrected chi connectivity index (χ2v) is 4.74. The van der Waals surface area contributed by atoms with Gasteiger partial charge in [-0.1, -0.05) is 23.2 Å². The van der Waals surface area contributed by atoms with E-state index in [-0.39, 0.29) is 13.2 Å². The van der Waals surface area contributed by atoms with Crippen molar-refractivity contribution in [2.24, 2.45) is 8.73 Å². The number of hydrogen-bond donors (Lipinski definition) is 3. The average molecular weight is 294 g/mol. The summed E-state index contributed by atoms with van der Waals surface area (Å²) in [7, 11) is 0. The summed E-state index contributed by atoms with van der Waals surface area (Å²) in [5, 5.41) is 21.8. The van der Waals surface area contributed by atoms with Crippen LogP contribution in [0, 0.1) is 0 Å². The zero-order valence-electron chi connectivity index (χ0n) is 8.52. The molecule has 17 heavy (non-hydrogen) atoms. The quantitative estimate of drug-likeness (QED) is 0.810. The van der Waals surface area contributed by atoms with Gasteiger partial charge < -0.3 is 15.5 Å². The van der Waals surface area contributed by atoms with E-state index in [0.29, 0.717) is 27.1 Å². The summed E-state index contributed by atoms with van der Waals surface area (Å²) in [6.45, 7) is -0.152. The minimum absolute atomic E-state index is 0.171. The van der Waals surface area contributed by atoms with Crippen molar-refractivity contribution in [2.45, 2.75) is 6.10 Å². The zero-order chi connectivity index (χ0) is 12.4. The topological polar surface area (TPSA) is 77.2 Å². The van der Waals surface area contributed by atoms with Gasteiger partial charge >= 0.3 is 0 Å². The highest BCUT2D eigenvalue weighted by molar-refractivity contribution is 7.58. The summed E-state index contributed by atoms with van der Waals surface area (Å²) < 4.78 is 8.15. The van der Waals surface area contributed by atoms with Crippen molar-refractivity contribution in [2.75, 3.05) is 18.5 Å². The highest BCUT2D eigenvalue weighted by atomic mass is 35.5. The molecule has 1 aliphatic heterocycles. The van der Waals surface area contributed by atoms with E-state index in [1.807, 2.05) is 0 Å². The molecule has 92 valence electrons. The minimum atomic E-state index is -0.858. The first-order valence-corrected chi connectivity index (χ1v) is 6.25. The van der Waals surface area contributed by atoms with Gasteiger partial charge in [-0.25, -0.2) is 0 Å². The molecule has 2 rings (SSSR count). The Morgan fingerprint density at radius 1 is 1.29 bits per heavy atom. The van der Waals surface area contributed by atoms with Crippen LogP contribution in [-0.4, -0.2) is 29.5 Å². The standard InChI is InChI=1S/C9H9Cl2N3O2S/c10-5-1-6(11)8-9(14-17-13-8)7(5)12-2-4(16)3-15/h1,4,12,15-16H,2-3H2/t4-/m0/s1. The molecule has 0 bridgehead atoms. The van der Waals surface area contributed by atoms with Crippen LogP contribution in [0.15, 0.2) is 14.8 Å². The van der Waals surface area contributed by atoms with Crippen molar-refractivity contribution >= 4 is 51.6 Å². The molecule has 3 N–H and O–H groups in total. The Kier molecular flexibility index (Phi) is 4.01. The fourth-order valence-corrected chi connectivity index (χ4v) is 2.51. The van der Waals surface area contributed by atoms with Gasteiger partial charge in [-0.2, -0.15) is 8.73 Å². The number of aliphatic hydroxyl groups is 2. The van der Waals surface area contributed by atoms with E-state index in [0.717, 1.165) is 11.4 Å². The van der Waals surface area contributed by atoms with Crippen molar-refractivity contribution in [3.8, 4) is 0 Å². The first-order chi connectivity index (χ1) is 8.13. The second-order valence-electron chi connectivity index (χ2n) is 3.39. The molecular weight excluding hydrogens is 285 g/mol. The summed E-state index contributed by atoms with van der Waals surface area (Å²) in [4.78, 5) is 0. The molecule has 5 nitrogen and oxygen atoms in total. The molecule has 0 spiro atoms. The third kappa shape index (κ3) is 2.61. The zero-order valence-corrected chi connectivity index (χ0v) is 10.9. The molecule has 8 heteroatoms. The molecule has 1 aliphatic rings. The Hall–Kier alpha value is -0.660. The molecule has 0 fully saturated rings. The van der Waals surface area contributed by atoms with Gasteiger partial charge in [-0.3, -0.25) is 0 Å². The molecular formula is C9H9Cl2N3O2S. The molecule has 1 atom stereocenters. The molecule has 0 unspecified atom stereocenters. The number of fused-ring (bicyclic) bond motifs is 1. The first-order valence-electron chi connectivity index (χ1n) is 4.76. The maximum absolute atomic E-state index is 9.27. The van der Waals surface area contributed by atoms with E-state index >= 15 is 0 Å². The Balaban J connectivity index is 2.29. The van der Waals surface area contributed by atoms with E-state index in [4.69, 9.17) is 28.3 Å². The Labute approximate surface area is 111 Å². The summed E-state index contributed by atoms with van der Waals surface area (Å²) in [6.07, 6.45) is -0.858. The molecule has 0 radical (unpaired) electrons. The van der Waals surface area contributed by atoms with Gasteiger partial charge in [0.2, 0.25) is 0 Å². The normalized spacial score (nSPS) is 14.4. The van der Waals surface area contributed by atoms with Crippen LogP contribution < -0.4 is 5.32 Å². The van der Waals surface area contributed by atoms with Crippen LogP contribution in [0.25, 0.3) is 0 Å². The number of anilines is 1. The fourth-order valence-electron chi connectivity index (χ4n) is 1.33. The average Bonchev–Trinajstić information content (AvgIpc) is 2.77. The number of rotatable bonds is 4. The molecule has 0 aromatic heterocycles. The van der Waals surface area contributed by atoms with Crippen LogP contribution in [0.5, 0.6) is 0 Å². The number of halogens is 2. The van der Waals surface area contributed by atoms with Crippen LogP contribution in [0.2, 0.25) is 10.0 Å². The molecule has 1 aromatic carbocycles. The van der Waals surface area contributed by atoms with Crippen molar-refractivity contribution < 1.29 is 10.2 Å². The van der Waals surface area contributed by atoms with Gasteiger partial charge in [0.1, 0.15) is 11.4 Å². The molecule has 1 heterocycles. The first kappa shape index (κ1) is 12.8. The van der Waals surface area contributed by atoms with Crippen LogP contribution in [0.3, 0.4) is 0 Å². The maximum Gasteiger partial charge on any atom is 0.130 e. The van der Waals surface area contributed by atoms with Gasteiger partial charge in [0, 0.05) is 6.54 Å². The van der Waals surface area contributed by atoms with E-state index < -0.39 is 6.10 Å². The lowest BCUT2D eigenvalue weighted by molar-refractivity contribution is 0.105. The lowest BCUT2D eigenvalue weighted by Gasteiger charge is -2.14. The minimum Gasteiger partial charge on any atom is -0.394 e. The fraction of sp³-hybridized carbons (Fsp3) is 0.333. The van der Waals surface area contributed by atoms with Crippen LogP contribution in [0.1, 0.15) is 0 Å². The predicted molar refractivity (Wildman–Crippen MR) is 69.6 cm³/mol. The van der Waals surface area contributed by atoms with E-state index in [9.17, 15) is 5.11 Å². The van der Waals surface area contributed by atoms with E-state index in [1.54, 1.807) is 6.07 Å². The Morgan fingerprint density at radius 3 is 2.71 bits per heavy atom. The number of nitrogens with one attached hydrogen (secondary N) is 1. The SMILES string of the molecule is OC[C@@H](O)CNc1c(Cl)cc(Cl)c2c1N=S=N2. The monoisotopic (exact) mass is 293 g/mol. The summed E-state index contributed by atoms with van der Waals surface area (Å²) in [5.74, 6) is 0. The molecule has 0 aliphatic carbocycles. The molecule has 0 saturated carbocycles. The van der Waals surface area contributed by atoms with Gasteiger partial charge in [-0.05, 0) is 6.07 Å². The van der Waals surface area contributed by atoms with Crippen molar-refractivity contribution in [3.63, 3.8) is 0 Å². The number of aliphatic hydroxyl groups excluding tert-OH is 2. The number of hydrogen-bond acceptors (Lipinski definition) is 5. The summed E-state index contributed by atoms with van der Waals surface area (Å²) in [5.41, 5.74) is 1.70. The third-order valence-electron chi connectivity index (χ3n) is 2.17. The molecule has 0 saturated heterocycles. The number of benzene rings is 1. The lowest BCUT2D eigenvalue weighted by Crippen LogP contribution is -2.23. The smallest absolute Gasteiger partial charge is 0.130 e. The second kappa shape index (κ2) is 5.32. The van der Waals surface area contributed by atoms with Crippen molar-refractivity contribution in [3.05, 3.63) is 16.1 Å². The van der Waals surface area contributed by atoms with E-state index in [2.05, 4.69) is 14.0 Å². The largest absolute Gasteiger partial charge is 0.394 e. The Morgan fingerprint density at radius 2 is 2.00 bits per heavy atom. The lowest BCUT2D eigenvalue weighted by atomic mass is 10.2. The summed E-state index contributed by atoms with van der Waals surface area (Å²) in [6, 6.07) is 1.57. The molecule has 1 aromatic rings. The third-order valence-corrected chi connectivity index (χ3v) is 3.28.